The summed E-state index contributed by atoms with van der Waals surface area (Å²) in [6, 6.07) is 10.6. The van der Waals surface area contributed by atoms with E-state index in [0.29, 0.717) is 27.4 Å². The third-order valence-electron chi connectivity index (χ3n) is 2.89. The fourth-order valence-electron chi connectivity index (χ4n) is 1.81. The van der Waals surface area contributed by atoms with E-state index in [2.05, 4.69) is 21.2 Å². The Bertz CT molecular complexity index is 714. The number of rotatable bonds is 4. The molecule has 0 saturated heterocycles. The summed E-state index contributed by atoms with van der Waals surface area (Å²) < 4.78 is 5.66. The molecule has 2 aromatic carbocycles. The highest BCUT2D eigenvalue weighted by atomic mass is 79.9. The van der Waals surface area contributed by atoms with Gasteiger partial charge in [0.1, 0.15) is 0 Å². The molecule has 0 fully saturated rings. The monoisotopic (exact) mass is 366 g/mol. The van der Waals surface area contributed by atoms with Gasteiger partial charge in [-0.25, -0.2) is 0 Å². The van der Waals surface area contributed by atoms with Gasteiger partial charge in [0, 0.05) is 6.54 Å². The average Bonchev–Trinajstić information content (AvgIpc) is 2.49. The van der Waals surface area contributed by atoms with Gasteiger partial charge in [-0.05, 0) is 51.8 Å². The van der Waals surface area contributed by atoms with Gasteiger partial charge in [0.15, 0.2) is 11.5 Å². The lowest BCUT2D eigenvalue weighted by Crippen LogP contribution is -2.01. The number of hydrogen-bond donors (Lipinski definition) is 2. The van der Waals surface area contributed by atoms with Crippen molar-refractivity contribution in [2.45, 2.75) is 6.54 Å². The number of halogens is 2. The summed E-state index contributed by atoms with van der Waals surface area (Å²) >= 11 is 9.38. The molecule has 0 aromatic heterocycles. The van der Waals surface area contributed by atoms with Crippen molar-refractivity contribution in [2.75, 3.05) is 12.4 Å². The van der Waals surface area contributed by atoms with Crippen LogP contribution >= 0.6 is 27.5 Å². The van der Waals surface area contributed by atoms with Crippen LogP contribution in [-0.2, 0) is 6.54 Å². The first kappa shape index (κ1) is 15.5. The van der Waals surface area contributed by atoms with E-state index in [9.17, 15) is 5.11 Å². The number of phenolic OH excluding ortho intramolecular Hbond substituents is 1. The maximum Gasteiger partial charge on any atom is 0.172 e. The number of nitrogens with one attached hydrogen (secondary N) is 1. The van der Waals surface area contributed by atoms with E-state index >= 15 is 0 Å². The second-order valence-electron chi connectivity index (χ2n) is 4.29. The lowest BCUT2D eigenvalue weighted by atomic mass is 10.2. The average molecular weight is 368 g/mol. The molecule has 2 rings (SSSR count). The van der Waals surface area contributed by atoms with Crippen molar-refractivity contribution in [3.8, 4) is 17.6 Å². The SMILES string of the molecule is COc1cc(CNc2ccc(C#N)cc2Cl)cc(Br)c1O. The Morgan fingerprint density at radius 1 is 1.38 bits per heavy atom. The standard InChI is InChI=1S/C15H12BrClN2O2/c1-21-14-6-10(4-11(16)15(14)20)8-19-13-3-2-9(7-18)5-12(13)17/h2-6,19-20H,8H2,1H3. The molecule has 0 aliphatic carbocycles. The Hall–Kier alpha value is -1.90. The largest absolute Gasteiger partial charge is 0.503 e. The highest BCUT2D eigenvalue weighted by Gasteiger charge is 2.09. The Labute approximate surface area is 136 Å². The van der Waals surface area contributed by atoms with Crippen LogP contribution in [0.25, 0.3) is 0 Å². The number of nitrogens with zero attached hydrogens (tertiary/aromatic N) is 1. The summed E-state index contributed by atoms with van der Waals surface area (Å²) in [7, 11) is 1.50. The molecule has 0 heterocycles. The molecule has 2 aromatic rings. The Balaban J connectivity index is 2.17. The van der Waals surface area contributed by atoms with Crippen LogP contribution < -0.4 is 10.1 Å². The summed E-state index contributed by atoms with van der Waals surface area (Å²) in [6.45, 7) is 0.501. The van der Waals surface area contributed by atoms with Crippen molar-refractivity contribution in [3.05, 3.63) is 51.0 Å². The van der Waals surface area contributed by atoms with Crippen LogP contribution in [0.15, 0.2) is 34.8 Å². The number of hydrogen-bond acceptors (Lipinski definition) is 4. The normalized spacial score (nSPS) is 10.0. The number of benzene rings is 2. The number of anilines is 1. The summed E-state index contributed by atoms with van der Waals surface area (Å²) in [6.07, 6.45) is 0. The quantitative estimate of drug-likeness (QED) is 0.845. The lowest BCUT2D eigenvalue weighted by molar-refractivity contribution is 0.371. The molecule has 21 heavy (non-hydrogen) atoms. The van der Waals surface area contributed by atoms with E-state index in [0.717, 1.165) is 11.3 Å². The van der Waals surface area contributed by atoms with Crippen molar-refractivity contribution < 1.29 is 9.84 Å². The van der Waals surface area contributed by atoms with Gasteiger partial charge < -0.3 is 15.2 Å². The molecule has 6 heteroatoms. The summed E-state index contributed by atoms with van der Waals surface area (Å²) in [5, 5.41) is 22.2. The zero-order valence-corrected chi connectivity index (χ0v) is 13.5. The topological polar surface area (TPSA) is 65.3 Å². The minimum atomic E-state index is 0.0673. The number of methoxy groups -OCH3 is 1. The van der Waals surface area contributed by atoms with Crippen LogP contribution in [-0.4, -0.2) is 12.2 Å². The molecule has 0 aliphatic rings. The highest BCUT2D eigenvalue weighted by molar-refractivity contribution is 9.10. The smallest absolute Gasteiger partial charge is 0.172 e. The zero-order chi connectivity index (χ0) is 15.4. The van der Waals surface area contributed by atoms with Gasteiger partial charge in [0.25, 0.3) is 0 Å². The van der Waals surface area contributed by atoms with E-state index in [1.165, 1.54) is 7.11 Å². The minimum Gasteiger partial charge on any atom is -0.503 e. The van der Waals surface area contributed by atoms with Crippen LogP contribution in [0.3, 0.4) is 0 Å². The number of aromatic hydroxyl groups is 1. The van der Waals surface area contributed by atoms with E-state index in [1.54, 1.807) is 30.3 Å². The van der Waals surface area contributed by atoms with Gasteiger partial charge in [0.2, 0.25) is 0 Å². The van der Waals surface area contributed by atoms with Crippen LogP contribution in [0.4, 0.5) is 5.69 Å². The van der Waals surface area contributed by atoms with Gasteiger partial charge in [-0.1, -0.05) is 11.6 Å². The molecule has 0 bridgehead atoms. The molecule has 0 saturated carbocycles. The van der Waals surface area contributed by atoms with Crippen molar-refractivity contribution >= 4 is 33.2 Å². The fourth-order valence-corrected chi connectivity index (χ4v) is 2.55. The van der Waals surface area contributed by atoms with E-state index < -0.39 is 0 Å². The zero-order valence-electron chi connectivity index (χ0n) is 11.2. The third kappa shape index (κ3) is 3.60. The van der Waals surface area contributed by atoms with Crippen LogP contribution in [0, 0.1) is 11.3 Å². The molecule has 0 unspecified atom stereocenters. The first-order valence-electron chi connectivity index (χ1n) is 6.04. The molecule has 108 valence electrons. The number of ether oxygens (including phenoxy) is 1. The summed E-state index contributed by atoms with van der Waals surface area (Å²) in [5.41, 5.74) is 2.16. The molecule has 0 amide bonds. The Morgan fingerprint density at radius 2 is 2.14 bits per heavy atom. The van der Waals surface area contributed by atoms with Gasteiger partial charge >= 0.3 is 0 Å². The van der Waals surface area contributed by atoms with Gasteiger partial charge in [-0.2, -0.15) is 5.26 Å². The van der Waals surface area contributed by atoms with Gasteiger partial charge in [-0.3, -0.25) is 0 Å². The van der Waals surface area contributed by atoms with E-state index in [1.807, 2.05) is 6.07 Å². The maximum atomic E-state index is 9.77. The van der Waals surface area contributed by atoms with Gasteiger partial charge in [-0.15, -0.1) is 0 Å². The van der Waals surface area contributed by atoms with E-state index in [-0.39, 0.29) is 5.75 Å². The predicted octanol–water partition coefficient (Wildman–Crippen LogP) is 4.30. The number of nitriles is 1. The molecule has 0 aliphatic heterocycles. The Morgan fingerprint density at radius 3 is 2.76 bits per heavy atom. The molecular formula is C15H12BrClN2O2. The predicted molar refractivity (Wildman–Crippen MR) is 85.9 cm³/mol. The molecule has 0 atom stereocenters. The van der Waals surface area contributed by atoms with Crippen molar-refractivity contribution in [2.24, 2.45) is 0 Å². The molecular weight excluding hydrogens is 356 g/mol. The van der Waals surface area contributed by atoms with Crippen molar-refractivity contribution in [1.82, 2.24) is 0 Å². The fraction of sp³-hybridized carbons (Fsp3) is 0.133. The molecule has 0 spiro atoms. The second-order valence-corrected chi connectivity index (χ2v) is 5.55. The van der Waals surface area contributed by atoms with Crippen molar-refractivity contribution in [3.63, 3.8) is 0 Å². The maximum absolute atomic E-state index is 9.77. The van der Waals surface area contributed by atoms with Gasteiger partial charge in [0.05, 0.1) is 33.9 Å². The lowest BCUT2D eigenvalue weighted by Gasteiger charge is -2.11. The Kier molecular flexibility index (Phi) is 4.94. The first-order valence-corrected chi connectivity index (χ1v) is 7.21. The molecule has 2 N–H and O–H groups in total. The number of phenols is 1. The van der Waals surface area contributed by atoms with Crippen molar-refractivity contribution in [1.29, 1.82) is 5.26 Å². The van der Waals surface area contributed by atoms with E-state index in [4.69, 9.17) is 21.6 Å². The van der Waals surface area contributed by atoms with Crippen LogP contribution in [0.1, 0.15) is 11.1 Å². The second kappa shape index (κ2) is 6.70. The summed E-state index contributed by atoms with van der Waals surface area (Å²) in [5.74, 6) is 0.463. The van der Waals surface area contributed by atoms with Crippen LogP contribution in [0.5, 0.6) is 11.5 Å². The molecule has 0 radical (unpaired) electrons. The molecule has 4 nitrogen and oxygen atoms in total. The first-order chi connectivity index (χ1) is 10.0. The summed E-state index contributed by atoms with van der Waals surface area (Å²) in [4.78, 5) is 0. The third-order valence-corrected chi connectivity index (χ3v) is 3.81. The minimum absolute atomic E-state index is 0.0673. The highest BCUT2D eigenvalue weighted by Crippen LogP contribution is 2.35. The van der Waals surface area contributed by atoms with Crippen LogP contribution in [0.2, 0.25) is 5.02 Å².